The molecule has 18 heavy (non-hydrogen) atoms. The first-order valence-electron chi connectivity index (χ1n) is 4.96. The summed E-state index contributed by atoms with van der Waals surface area (Å²) in [6.07, 6.45) is 0. The fraction of sp³-hybridized carbons (Fsp3) is 0. The molecule has 0 bridgehead atoms. The first kappa shape index (κ1) is 12.6. The van der Waals surface area contributed by atoms with Crippen LogP contribution in [0.4, 0.5) is 14.6 Å². The molecule has 1 N–H and O–H groups in total. The molecule has 0 atom stereocenters. The quantitative estimate of drug-likeness (QED) is 0.864. The van der Waals surface area contributed by atoms with E-state index in [1.165, 1.54) is 30.3 Å². The van der Waals surface area contributed by atoms with E-state index >= 15 is 0 Å². The van der Waals surface area contributed by atoms with Crippen molar-refractivity contribution in [1.82, 2.24) is 4.98 Å². The summed E-state index contributed by atoms with van der Waals surface area (Å²) in [5.41, 5.74) is -0.149. The Balaban J connectivity index is 2.28. The van der Waals surface area contributed by atoms with Gasteiger partial charge < -0.3 is 5.32 Å². The molecule has 0 unspecified atom stereocenters. The maximum Gasteiger partial charge on any atom is 0.260 e. The lowest BCUT2D eigenvalue weighted by Crippen LogP contribution is -2.15. The predicted octanol–water partition coefficient (Wildman–Crippen LogP) is 3.37. The van der Waals surface area contributed by atoms with Crippen LogP contribution >= 0.6 is 15.9 Å². The topological polar surface area (TPSA) is 42.0 Å². The van der Waals surface area contributed by atoms with Gasteiger partial charge in [0.1, 0.15) is 11.6 Å². The van der Waals surface area contributed by atoms with Gasteiger partial charge in [-0.1, -0.05) is 12.1 Å². The molecule has 0 radical (unpaired) electrons. The maximum atomic E-state index is 13.5. The van der Waals surface area contributed by atoms with E-state index in [0.29, 0.717) is 4.47 Å². The second-order valence-corrected chi connectivity index (χ2v) is 4.25. The maximum absolute atomic E-state index is 13.5. The molecule has 0 fully saturated rings. The number of pyridine rings is 1. The zero-order valence-corrected chi connectivity index (χ0v) is 10.5. The van der Waals surface area contributed by atoms with Crippen molar-refractivity contribution >= 4 is 27.7 Å². The van der Waals surface area contributed by atoms with Gasteiger partial charge in [0.05, 0.1) is 5.56 Å². The van der Waals surface area contributed by atoms with Gasteiger partial charge in [-0.2, -0.15) is 4.39 Å². The minimum atomic E-state index is -0.722. The van der Waals surface area contributed by atoms with Crippen molar-refractivity contribution in [1.29, 1.82) is 0 Å². The average molecular weight is 313 g/mol. The van der Waals surface area contributed by atoms with E-state index in [0.717, 1.165) is 6.07 Å². The molecule has 1 aromatic heterocycles. The number of halogens is 3. The summed E-state index contributed by atoms with van der Waals surface area (Å²) in [5, 5.41) is 2.32. The van der Waals surface area contributed by atoms with Crippen molar-refractivity contribution in [3.8, 4) is 0 Å². The van der Waals surface area contributed by atoms with Gasteiger partial charge in [-0.25, -0.2) is 9.37 Å². The second kappa shape index (κ2) is 5.22. The molecule has 2 aromatic rings. The van der Waals surface area contributed by atoms with Crippen molar-refractivity contribution < 1.29 is 13.6 Å². The molecule has 0 aliphatic carbocycles. The zero-order chi connectivity index (χ0) is 13.1. The summed E-state index contributed by atoms with van der Waals surface area (Å²) >= 11 is 3.08. The van der Waals surface area contributed by atoms with Crippen LogP contribution in [0.25, 0.3) is 0 Å². The Labute approximate surface area is 110 Å². The van der Waals surface area contributed by atoms with Gasteiger partial charge in [0.2, 0.25) is 5.95 Å². The van der Waals surface area contributed by atoms with Crippen LogP contribution in [0.15, 0.2) is 40.9 Å². The largest absolute Gasteiger partial charge is 0.306 e. The minimum absolute atomic E-state index is 0.0233. The predicted molar refractivity (Wildman–Crippen MR) is 66.2 cm³/mol. The monoisotopic (exact) mass is 312 g/mol. The Bertz CT molecular complexity index is 584. The molecular weight excluding hydrogens is 306 g/mol. The van der Waals surface area contributed by atoms with Gasteiger partial charge in [-0.3, -0.25) is 4.79 Å². The molecule has 1 heterocycles. The van der Waals surface area contributed by atoms with E-state index in [2.05, 4.69) is 26.2 Å². The van der Waals surface area contributed by atoms with Crippen LogP contribution in [-0.4, -0.2) is 10.9 Å². The Kier molecular flexibility index (Phi) is 3.66. The highest BCUT2D eigenvalue weighted by Crippen LogP contribution is 2.20. The summed E-state index contributed by atoms with van der Waals surface area (Å²) in [5.74, 6) is -2.06. The van der Waals surface area contributed by atoms with E-state index in [1.807, 2.05) is 0 Å². The smallest absolute Gasteiger partial charge is 0.260 e. The number of benzene rings is 1. The van der Waals surface area contributed by atoms with Crippen LogP contribution in [0.2, 0.25) is 0 Å². The third-order valence-corrected chi connectivity index (χ3v) is 2.81. The zero-order valence-electron chi connectivity index (χ0n) is 8.95. The van der Waals surface area contributed by atoms with Crippen LogP contribution in [0, 0.1) is 11.8 Å². The molecule has 2 rings (SSSR count). The molecular formula is C12H7BrF2N2O. The van der Waals surface area contributed by atoms with Crippen molar-refractivity contribution in [3.63, 3.8) is 0 Å². The molecule has 3 nitrogen and oxygen atoms in total. The Hall–Kier alpha value is -1.82. The van der Waals surface area contributed by atoms with E-state index in [9.17, 15) is 13.6 Å². The van der Waals surface area contributed by atoms with E-state index in [4.69, 9.17) is 0 Å². The Morgan fingerprint density at radius 1 is 1.17 bits per heavy atom. The van der Waals surface area contributed by atoms with Gasteiger partial charge in [0.15, 0.2) is 0 Å². The average Bonchev–Trinajstić information content (AvgIpc) is 2.28. The fourth-order valence-electron chi connectivity index (χ4n) is 1.37. The first-order chi connectivity index (χ1) is 8.58. The molecule has 92 valence electrons. The number of amides is 1. The highest BCUT2D eigenvalue weighted by Gasteiger charge is 2.15. The minimum Gasteiger partial charge on any atom is -0.306 e. The molecule has 0 saturated heterocycles. The number of hydrogen-bond acceptors (Lipinski definition) is 2. The van der Waals surface area contributed by atoms with Crippen LogP contribution in [-0.2, 0) is 0 Å². The number of hydrogen-bond donors (Lipinski definition) is 1. The number of carbonyl (C=O) groups is 1. The number of aromatic nitrogens is 1. The molecule has 0 saturated carbocycles. The Morgan fingerprint density at radius 2 is 1.89 bits per heavy atom. The van der Waals surface area contributed by atoms with Gasteiger partial charge in [0, 0.05) is 4.47 Å². The summed E-state index contributed by atoms with van der Waals surface area (Å²) in [6, 6.07) is 8.13. The summed E-state index contributed by atoms with van der Waals surface area (Å²) < 4.78 is 26.6. The van der Waals surface area contributed by atoms with Gasteiger partial charge in [-0.15, -0.1) is 0 Å². The van der Waals surface area contributed by atoms with E-state index < -0.39 is 17.7 Å². The van der Waals surface area contributed by atoms with Crippen LogP contribution in [0.1, 0.15) is 10.4 Å². The number of rotatable bonds is 2. The highest BCUT2D eigenvalue weighted by atomic mass is 79.9. The molecule has 6 heteroatoms. The lowest BCUT2D eigenvalue weighted by molar-refractivity contribution is 0.102. The lowest BCUT2D eigenvalue weighted by Gasteiger charge is -2.06. The number of nitrogens with zero attached hydrogens (tertiary/aromatic N) is 1. The number of carbonyl (C=O) groups excluding carboxylic acids is 1. The molecule has 1 aromatic carbocycles. The van der Waals surface area contributed by atoms with Crippen molar-refractivity contribution in [2.24, 2.45) is 0 Å². The lowest BCUT2D eigenvalue weighted by atomic mass is 10.2. The van der Waals surface area contributed by atoms with E-state index in [-0.39, 0.29) is 11.4 Å². The van der Waals surface area contributed by atoms with Crippen LogP contribution < -0.4 is 5.32 Å². The molecule has 1 amide bonds. The number of anilines is 1. The van der Waals surface area contributed by atoms with Crippen LogP contribution in [0.5, 0.6) is 0 Å². The van der Waals surface area contributed by atoms with Crippen molar-refractivity contribution in [2.45, 2.75) is 0 Å². The van der Waals surface area contributed by atoms with Gasteiger partial charge in [0.25, 0.3) is 5.91 Å². The summed E-state index contributed by atoms with van der Waals surface area (Å²) in [7, 11) is 0. The second-order valence-electron chi connectivity index (χ2n) is 3.40. The third-order valence-electron chi connectivity index (χ3n) is 2.15. The fourth-order valence-corrected chi connectivity index (χ4v) is 1.89. The number of nitrogens with one attached hydrogen (secondary N) is 1. The van der Waals surface area contributed by atoms with E-state index in [1.54, 1.807) is 0 Å². The third kappa shape index (κ3) is 2.70. The first-order valence-corrected chi connectivity index (χ1v) is 5.75. The Morgan fingerprint density at radius 3 is 2.56 bits per heavy atom. The normalized spacial score (nSPS) is 10.2. The van der Waals surface area contributed by atoms with Crippen molar-refractivity contribution in [3.05, 3.63) is 58.2 Å². The SMILES string of the molecule is O=C(Nc1cccc(F)n1)c1c(F)cccc1Br. The molecule has 0 spiro atoms. The van der Waals surface area contributed by atoms with Gasteiger partial charge >= 0.3 is 0 Å². The highest BCUT2D eigenvalue weighted by molar-refractivity contribution is 9.10. The van der Waals surface area contributed by atoms with Crippen molar-refractivity contribution in [2.75, 3.05) is 5.32 Å². The standard InChI is InChI=1S/C12H7BrF2N2O/c13-7-3-1-4-8(14)11(7)12(18)17-10-6-2-5-9(15)16-10/h1-6H,(H,16,17,18). The summed E-state index contributed by atoms with van der Waals surface area (Å²) in [6.45, 7) is 0. The molecule has 0 aliphatic rings. The van der Waals surface area contributed by atoms with Crippen LogP contribution in [0.3, 0.4) is 0 Å². The molecule has 0 aliphatic heterocycles. The summed E-state index contributed by atoms with van der Waals surface area (Å²) in [4.78, 5) is 15.3. The van der Waals surface area contributed by atoms with Gasteiger partial charge in [-0.05, 0) is 40.2 Å².